The predicted octanol–water partition coefficient (Wildman–Crippen LogP) is 4.25. The van der Waals surface area contributed by atoms with Gasteiger partial charge in [-0.3, -0.25) is 11.3 Å². The van der Waals surface area contributed by atoms with E-state index in [0.29, 0.717) is 13.0 Å². The van der Waals surface area contributed by atoms with Gasteiger partial charge in [0.1, 0.15) is 5.75 Å². The molecule has 112 valence electrons. The predicted molar refractivity (Wildman–Crippen MR) is 90.5 cm³/mol. The van der Waals surface area contributed by atoms with E-state index in [1.54, 1.807) is 0 Å². The van der Waals surface area contributed by atoms with E-state index in [4.69, 9.17) is 22.2 Å². The quantitative estimate of drug-likeness (QED) is 0.591. The first-order valence-electron chi connectivity index (χ1n) is 6.77. The summed E-state index contributed by atoms with van der Waals surface area (Å²) in [5.74, 6) is 6.56. The van der Waals surface area contributed by atoms with Gasteiger partial charge in [0.05, 0.1) is 12.6 Å². The number of nitrogens with one attached hydrogen (secondary N) is 1. The Balaban J connectivity index is 2.21. The molecule has 0 saturated carbocycles. The molecule has 5 heteroatoms. The first-order chi connectivity index (χ1) is 10.1. The SMILES string of the molecule is CCOc1cccc(C(Cc2ccc(Br)cc2Cl)NN)c1. The van der Waals surface area contributed by atoms with Gasteiger partial charge in [0.2, 0.25) is 0 Å². The molecule has 1 atom stereocenters. The molecular weight excluding hydrogens is 352 g/mol. The molecule has 21 heavy (non-hydrogen) atoms. The molecule has 0 aromatic heterocycles. The molecular formula is C16H18BrClN2O. The summed E-state index contributed by atoms with van der Waals surface area (Å²) in [6, 6.07) is 13.8. The van der Waals surface area contributed by atoms with Gasteiger partial charge in [0, 0.05) is 9.50 Å². The first-order valence-corrected chi connectivity index (χ1v) is 7.94. The molecule has 2 rings (SSSR count). The van der Waals surface area contributed by atoms with Gasteiger partial charge in [0.25, 0.3) is 0 Å². The fourth-order valence-electron chi connectivity index (χ4n) is 2.17. The Morgan fingerprint density at radius 1 is 1.29 bits per heavy atom. The molecule has 0 aliphatic rings. The van der Waals surface area contributed by atoms with E-state index in [-0.39, 0.29) is 6.04 Å². The van der Waals surface area contributed by atoms with Gasteiger partial charge in [-0.2, -0.15) is 0 Å². The van der Waals surface area contributed by atoms with Crippen molar-refractivity contribution in [1.82, 2.24) is 5.43 Å². The second-order valence-electron chi connectivity index (χ2n) is 4.66. The van der Waals surface area contributed by atoms with Crippen molar-refractivity contribution in [3.05, 3.63) is 63.1 Å². The van der Waals surface area contributed by atoms with Gasteiger partial charge in [-0.15, -0.1) is 0 Å². The minimum Gasteiger partial charge on any atom is -0.494 e. The zero-order valence-corrected chi connectivity index (χ0v) is 14.1. The fourth-order valence-corrected chi connectivity index (χ4v) is 2.92. The third-order valence-electron chi connectivity index (χ3n) is 3.21. The average Bonchev–Trinajstić information content (AvgIpc) is 2.47. The molecule has 2 aromatic rings. The highest BCUT2D eigenvalue weighted by atomic mass is 79.9. The van der Waals surface area contributed by atoms with Gasteiger partial charge in [-0.05, 0) is 48.7 Å². The number of ether oxygens (including phenoxy) is 1. The summed E-state index contributed by atoms with van der Waals surface area (Å²) in [6.07, 6.45) is 0.707. The number of hydrogen-bond acceptors (Lipinski definition) is 3. The maximum Gasteiger partial charge on any atom is 0.119 e. The smallest absolute Gasteiger partial charge is 0.119 e. The summed E-state index contributed by atoms with van der Waals surface area (Å²) in [7, 11) is 0. The van der Waals surface area contributed by atoms with Crippen LogP contribution in [0.2, 0.25) is 5.02 Å². The van der Waals surface area contributed by atoms with Crippen LogP contribution in [0.25, 0.3) is 0 Å². The topological polar surface area (TPSA) is 47.3 Å². The third-order valence-corrected chi connectivity index (χ3v) is 4.06. The van der Waals surface area contributed by atoms with Crippen LogP contribution < -0.4 is 16.0 Å². The van der Waals surface area contributed by atoms with Crippen molar-refractivity contribution >= 4 is 27.5 Å². The number of hydrogen-bond donors (Lipinski definition) is 2. The number of nitrogens with two attached hydrogens (primary N) is 1. The van der Waals surface area contributed by atoms with E-state index >= 15 is 0 Å². The number of rotatable bonds is 6. The van der Waals surface area contributed by atoms with Crippen LogP contribution in [0.5, 0.6) is 5.75 Å². The highest BCUT2D eigenvalue weighted by Gasteiger charge is 2.13. The van der Waals surface area contributed by atoms with Crippen LogP contribution in [-0.2, 0) is 6.42 Å². The Labute approximate surface area is 138 Å². The van der Waals surface area contributed by atoms with Gasteiger partial charge in [0.15, 0.2) is 0 Å². The lowest BCUT2D eigenvalue weighted by Crippen LogP contribution is -2.29. The van der Waals surface area contributed by atoms with Crippen LogP contribution in [0.3, 0.4) is 0 Å². The lowest BCUT2D eigenvalue weighted by Gasteiger charge is -2.18. The zero-order valence-electron chi connectivity index (χ0n) is 11.8. The molecule has 0 heterocycles. The van der Waals surface area contributed by atoms with Crippen molar-refractivity contribution in [3.63, 3.8) is 0 Å². The van der Waals surface area contributed by atoms with Crippen molar-refractivity contribution in [2.75, 3.05) is 6.61 Å². The Kier molecular flexibility index (Phi) is 6.06. The highest BCUT2D eigenvalue weighted by Crippen LogP contribution is 2.27. The molecule has 0 fully saturated rings. The molecule has 3 nitrogen and oxygen atoms in total. The molecule has 0 spiro atoms. The van der Waals surface area contributed by atoms with Crippen molar-refractivity contribution in [2.24, 2.45) is 5.84 Å². The molecule has 0 aliphatic carbocycles. The van der Waals surface area contributed by atoms with Gasteiger partial charge >= 0.3 is 0 Å². The molecule has 0 bridgehead atoms. The van der Waals surface area contributed by atoms with E-state index in [9.17, 15) is 0 Å². The average molecular weight is 370 g/mol. The van der Waals surface area contributed by atoms with Gasteiger partial charge in [-0.1, -0.05) is 45.7 Å². The summed E-state index contributed by atoms with van der Waals surface area (Å²) >= 11 is 9.69. The van der Waals surface area contributed by atoms with Crippen LogP contribution in [-0.4, -0.2) is 6.61 Å². The van der Waals surface area contributed by atoms with Gasteiger partial charge in [-0.25, -0.2) is 0 Å². The highest BCUT2D eigenvalue weighted by molar-refractivity contribution is 9.10. The van der Waals surface area contributed by atoms with Crippen LogP contribution in [0.4, 0.5) is 0 Å². The Morgan fingerprint density at radius 3 is 2.76 bits per heavy atom. The molecule has 2 aromatic carbocycles. The first kappa shape index (κ1) is 16.3. The van der Waals surface area contributed by atoms with Crippen LogP contribution in [0, 0.1) is 0 Å². The monoisotopic (exact) mass is 368 g/mol. The minimum absolute atomic E-state index is 0.0240. The summed E-state index contributed by atoms with van der Waals surface area (Å²) in [5, 5.41) is 0.727. The molecule has 0 amide bonds. The van der Waals surface area contributed by atoms with E-state index in [1.165, 1.54) is 0 Å². The Hall–Kier alpha value is -1.07. The summed E-state index contributed by atoms with van der Waals surface area (Å²) in [6.45, 7) is 2.61. The molecule has 3 N–H and O–H groups in total. The van der Waals surface area contributed by atoms with Crippen molar-refractivity contribution < 1.29 is 4.74 Å². The van der Waals surface area contributed by atoms with Gasteiger partial charge < -0.3 is 4.74 Å². The standard InChI is InChI=1S/C16H18BrClN2O/c1-2-21-14-5-3-4-12(8-14)16(20-19)9-11-6-7-13(17)10-15(11)18/h3-8,10,16,20H,2,9,19H2,1H3. The van der Waals surface area contributed by atoms with Crippen LogP contribution in [0.1, 0.15) is 24.1 Å². The van der Waals surface area contributed by atoms with Crippen molar-refractivity contribution in [1.29, 1.82) is 0 Å². The second kappa shape index (κ2) is 7.80. The largest absolute Gasteiger partial charge is 0.494 e. The molecule has 0 radical (unpaired) electrons. The van der Waals surface area contributed by atoms with E-state index in [1.807, 2.05) is 49.4 Å². The molecule has 0 saturated heterocycles. The maximum absolute atomic E-state index is 6.28. The molecule has 1 unspecified atom stereocenters. The van der Waals surface area contributed by atoms with Crippen molar-refractivity contribution in [3.8, 4) is 5.75 Å². The summed E-state index contributed by atoms with van der Waals surface area (Å²) in [4.78, 5) is 0. The maximum atomic E-state index is 6.28. The minimum atomic E-state index is -0.0240. The summed E-state index contributed by atoms with van der Waals surface area (Å²) in [5.41, 5.74) is 4.97. The van der Waals surface area contributed by atoms with Crippen LogP contribution >= 0.6 is 27.5 Å². The normalized spacial score (nSPS) is 12.2. The van der Waals surface area contributed by atoms with Crippen LogP contribution in [0.15, 0.2) is 46.9 Å². The number of halogens is 2. The van der Waals surface area contributed by atoms with E-state index in [0.717, 1.165) is 26.4 Å². The van der Waals surface area contributed by atoms with E-state index in [2.05, 4.69) is 21.4 Å². The third kappa shape index (κ3) is 4.45. The Bertz CT molecular complexity index is 607. The fraction of sp³-hybridized carbons (Fsp3) is 0.250. The number of hydrazine groups is 1. The zero-order chi connectivity index (χ0) is 15.2. The van der Waals surface area contributed by atoms with Crippen molar-refractivity contribution in [2.45, 2.75) is 19.4 Å². The van der Waals surface area contributed by atoms with E-state index < -0.39 is 0 Å². The lowest BCUT2D eigenvalue weighted by atomic mass is 9.99. The number of benzene rings is 2. The Morgan fingerprint density at radius 2 is 2.10 bits per heavy atom. The second-order valence-corrected chi connectivity index (χ2v) is 5.99. The molecule has 0 aliphatic heterocycles. The lowest BCUT2D eigenvalue weighted by molar-refractivity contribution is 0.339. The summed E-state index contributed by atoms with van der Waals surface area (Å²) < 4.78 is 6.49.